The van der Waals surface area contributed by atoms with E-state index in [1.54, 1.807) is 7.11 Å². The number of methoxy groups -OCH3 is 1. The molecule has 0 aromatic rings. The molecule has 5 heteroatoms. The molecule has 1 atom stereocenters. The summed E-state index contributed by atoms with van der Waals surface area (Å²) in [5.74, 6) is 0.932. The number of amides is 1. The lowest BCUT2D eigenvalue weighted by molar-refractivity contribution is -0.124. The first kappa shape index (κ1) is 17.7. The molecule has 1 aliphatic rings. The van der Waals surface area contributed by atoms with Crippen LogP contribution >= 0.6 is 12.4 Å². The second-order valence-corrected chi connectivity index (χ2v) is 4.99. The Kier molecular flexibility index (Phi) is 9.42. The third-order valence-corrected chi connectivity index (χ3v) is 3.80. The van der Waals surface area contributed by atoms with Crippen molar-refractivity contribution in [2.24, 2.45) is 11.7 Å². The van der Waals surface area contributed by atoms with Crippen LogP contribution in [-0.4, -0.2) is 31.7 Å². The van der Waals surface area contributed by atoms with E-state index in [1.165, 1.54) is 19.3 Å². The lowest BCUT2D eigenvalue weighted by atomic mass is 9.84. The summed E-state index contributed by atoms with van der Waals surface area (Å²) >= 11 is 0. The van der Waals surface area contributed by atoms with Crippen molar-refractivity contribution < 1.29 is 9.53 Å². The van der Waals surface area contributed by atoms with Crippen molar-refractivity contribution in [2.45, 2.75) is 57.6 Å². The van der Waals surface area contributed by atoms with Gasteiger partial charge in [0.15, 0.2) is 0 Å². The van der Waals surface area contributed by atoms with Gasteiger partial charge in [0.05, 0.1) is 12.5 Å². The van der Waals surface area contributed by atoms with Crippen LogP contribution in [0.2, 0.25) is 0 Å². The number of nitrogens with two attached hydrogens (primary N) is 1. The molecule has 18 heavy (non-hydrogen) atoms. The summed E-state index contributed by atoms with van der Waals surface area (Å²) in [5.41, 5.74) is 5.50. The molecule has 0 aromatic heterocycles. The monoisotopic (exact) mass is 278 g/mol. The minimum absolute atomic E-state index is 0. The van der Waals surface area contributed by atoms with Crippen LogP contribution in [0.3, 0.4) is 0 Å². The first-order valence-corrected chi connectivity index (χ1v) is 6.71. The van der Waals surface area contributed by atoms with E-state index in [9.17, 15) is 4.79 Å². The summed E-state index contributed by atoms with van der Waals surface area (Å²) in [5, 5.41) is 3.09. The Morgan fingerprint density at radius 3 is 2.44 bits per heavy atom. The van der Waals surface area contributed by atoms with Crippen LogP contribution in [0.15, 0.2) is 0 Å². The summed E-state index contributed by atoms with van der Waals surface area (Å²) in [6.45, 7) is 2.64. The second kappa shape index (κ2) is 9.59. The zero-order chi connectivity index (χ0) is 12.7. The highest BCUT2D eigenvalue weighted by atomic mass is 35.5. The van der Waals surface area contributed by atoms with Crippen molar-refractivity contribution in [3.63, 3.8) is 0 Å². The molecule has 0 saturated heterocycles. The standard InChI is InChI=1S/C13H26N2O2.ClH/c1-3-10-4-6-11(7-5-10)15-13(16)8-12(9-14)17-2;/h10-12H,3-9,14H2,1-2H3,(H,15,16);1H. The van der Waals surface area contributed by atoms with Crippen LogP contribution in [-0.2, 0) is 9.53 Å². The Labute approximate surface area is 116 Å². The van der Waals surface area contributed by atoms with Gasteiger partial charge in [-0.25, -0.2) is 0 Å². The maximum Gasteiger partial charge on any atom is 0.222 e. The van der Waals surface area contributed by atoms with Gasteiger partial charge in [0, 0.05) is 19.7 Å². The summed E-state index contributed by atoms with van der Waals surface area (Å²) in [6, 6.07) is 0.362. The molecule has 1 aliphatic carbocycles. The maximum atomic E-state index is 11.7. The number of carbonyl (C=O) groups excluding carboxylic acids is 1. The Bertz CT molecular complexity index is 227. The van der Waals surface area contributed by atoms with Gasteiger partial charge in [-0.2, -0.15) is 0 Å². The molecule has 0 bridgehead atoms. The molecular formula is C13H27ClN2O2. The third kappa shape index (κ3) is 6.03. The lowest BCUT2D eigenvalue weighted by Crippen LogP contribution is -2.40. The van der Waals surface area contributed by atoms with Gasteiger partial charge in [0.1, 0.15) is 0 Å². The van der Waals surface area contributed by atoms with E-state index in [0.29, 0.717) is 19.0 Å². The third-order valence-electron chi connectivity index (χ3n) is 3.80. The Hall–Kier alpha value is -0.320. The second-order valence-electron chi connectivity index (χ2n) is 4.99. The fraction of sp³-hybridized carbons (Fsp3) is 0.923. The molecule has 1 saturated carbocycles. The zero-order valence-corrected chi connectivity index (χ0v) is 12.3. The van der Waals surface area contributed by atoms with Gasteiger partial charge in [-0.1, -0.05) is 13.3 Å². The zero-order valence-electron chi connectivity index (χ0n) is 11.5. The Balaban J connectivity index is 0.00000289. The van der Waals surface area contributed by atoms with Crippen molar-refractivity contribution in [3.8, 4) is 0 Å². The number of nitrogens with one attached hydrogen (secondary N) is 1. The predicted molar refractivity (Wildman–Crippen MR) is 75.9 cm³/mol. The molecule has 4 nitrogen and oxygen atoms in total. The number of halogens is 1. The van der Waals surface area contributed by atoms with Crippen LogP contribution < -0.4 is 11.1 Å². The van der Waals surface area contributed by atoms with Crippen molar-refractivity contribution in [1.29, 1.82) is 0 Å². The SMILES string of the molecule is CCC1CCC(NC(=O)CC(CN)OC)CC1.Cl. The first-order valence-electron chi connectivity index (χ1n) is 6.71. The van der Waals surface area contributed by atoms with Crippen molar-refractivity contribution in [1.82, 2.24) is 5.32 Å². The lowest BCUT2D eigenvalue weighted by Gasteiger charge is -2.28. The van der Waals surface area contributed by atoms with Crippen molar-refractivity contribution in [2.75, 3.05) is 13.7 Å². The summed E-state index contributed by atoms with van der Waals surface area (Å²) in [6.07, 6.45) is 6.20. The summed E-state index contributed by atoms with van der Waals surface area (Å²) in [7, 11) is 1.59. The molecule has 0 radical (unpaired) electrons. The van der Waals surface area contributed by atoms with Gasteiger partial charge in [-0.3, -0.25) is 4.79 Å². The number of ether oxygens (including phenoxy) is 1. The average Bonchev–Trinajstić information content (AvgIpc) is 2.37. The van der Waals surface area contributed by atoms with Gasteiger partial charge < -0.3 is 15.8 Å². The quantitative estimate of drug-likeness (QED) is 0.779. The van der Waals surface area contributed by atoms with E-state index in [1.807, 2.05) is 0 Å². The van der Waals surface area contributed by atoms with Crippen LogP contribution in [0, 0.1) is 5.92 Å². The van der Waals surface area contributed by atoms with E-state index in [0.717, 1.165) is 18.8 Å². The van der Waals surface area contributed by atoms with E-state index in [-0.39, 0.29) is 24.4 Å². The van der Waals surface area contributed by atoms with Gasteiger partial charge in [0.2, 0.25) is 5.91 Å². The van der Waals surface area contributed by atoms with E-state index < -0.39 is 0 Å². The number of carbonyl (C=O) groups is 1. The van der Waals surface area contributed by atoms with Crippen molar-refractivity contribution >= 4 is 18.3 Å². The van der Waals surface area contributed by atoms with E-state index >= 15 is 0 Å². The highest BCUT2D eigenvalue weighted by Crippen LogP contribution is 2.26. The predicted octanol–water partition coefficient (Wildman–Crippen LogP) is 1.86. The van der Waals surface area contributed by atoms with E-state index in [4.69, 9.17) is 10.5 Å². The smallest absolute Gasteiger partial charge is 0.222 e. The molecular weight excluding hydrogens is 252 g/mol. The van der Waals surface area contributed by atoms with Crippen molar-refractivity contribution in [3.05, 3.63) is 0 Å². The minimum atomic E-state index is -0.151. The molecule has 0 aliphatic heterocycles. The number of hydrogen-bond donors (Lipinski definition) is 2. The molecule has 3 N–H and O–H groups in total. The molecule has 1 rings (SSSR count). The van der Waals surface area contributed by atoms with Crippen LogP contribution in [0.1, 0.15) is 45.4 Å². The van der Waals surface area contributed by atoms with Crippen LogP contribution in [0.5, 0.6) is 0 Å². The van der Waals surface area contributed by atoms with Crippen LogP contribution in [0.25, 0.3) is 0 Å². The van der Waals surface area contributed by atoms with Crippen LogP contribution in [0.4, 0.5) is 0 Å². The topological polar surface area (TPSA) is 64.4 Å². The fourth-order valence-electron chi connectivity index (χ4n) is 2.47. The minimum Gasteiger partial charge on any atom is -0.380 e. The summed E-state index contributed by atoms with van der Waals surface area (Å²) in [4.78, 5) is 11.7. The van der Waals surface area contributed by atoms with E-state index in [2.05, 4.69) is 12.2 Å². The molecule has 1 unspecified atom stereocenters. The molecule has 108 valence electrons. The average molecular weight is 279 g/mol. The normalized spacial score (nSPS) is 25.1. The highest BCUT2D eigenvalue weighted by Gasteiger charge is 2.22. The first-order chi connectivity index (χ1) is 8.19. The Morgan fingerprint density at radius 2 is 2.00 bits per heavy atom. The van der Waals surface area contributed by atoms with Gasteiger partial charge in [-0.05, 0) is 31.6 Å². The summed E-state index contributed by atoms with van der Waals surface area (Å²) < 4.78 is 5.11. The van der Waals surface area contributed by atoms with Gasteiger partial charge in [0.25, 0.3) is 0 Å². The highest BCUT2D eigenvalue weighted by molar-refractivity contribution is 5.85. The number of rotatable bonds is 6. The molecule has 0 aromatic carbocycles. The maximum absolute atomic E-state index is 11.7. The van der Waals surface area contributed by atoms with Gasteiger partial charge >= 0.3 is 0 Å². The number of hydrogen-bond acceptors (Lipinski definition) is 3. The largest absolute Gasteiger partial charge is 0.380 e. The molecule has 1 amide bonds. The van der Waals surface area contributed by atoms with Gasteiger partial charge in [-0.15, -0.1) is 12.4 Å². The molecule has 0 heterocycles. The molecule has 1 fully saturated rings. The fourth-order valence-corrected chi connectivity index (χ4v) is 2.47. The molecule has 0 spiro atoms. The Morgan fingerprint density at radius 1 is 1.39 bits per heavy atom.